The Morgan fingerprint density at radius 2 is 1.91 bits per heavy atom. The standard InChI is InChI=1S/C7H12BrN3/c1-7(2,3)5-9-6(8)10-11(5)4/h1-4H3. The minimum atomic E-state index is 0.0633. The predicted molar refractivity (Wildman–Crippen MR) is 47.4 cm³/mol. The Morgan fingerprint density at radius 1 is 1.36 bits per heavy atom. The van der Waals surface area contributed by atoms with E-state index in [2.05, 4.69) is 46.8 Å². The fourth-order valence-corrected chi connectivity index (χ4v) is 1.41. The van der Waals surface area contributed by atoms with Crippen molar-refractivity contribution in [1.82, 2.24) is 14.8 Å². The highest BCUT2D eigenvalue weighted by Gasteiger charge is 2.20. The van der Waals surface area contributed by atoms with Crippen LogP contribution >= 0.6 is 15.9 Å². The lowest BCUT2D eigenvalue weighted by Crippen LogP contribution is -2.17. The van der Waals surface area contributed by atoms with Gasteiger partial charge in [-0.25, -0.2) is 4.98 Å². The number of rotatable bonds is 0. The third-order valence-corrected chi connectivity index (χ3v) is 1.74. The number of aromatic nitrogens is 3. The van der Waals surface area contributed by atoms with Crippen LogP contribution in [0.4, 0.5) is 0 Å². The summed E-state index contributed by atoms with van der Waals surface area (Å²) >= 11 is 3.23. The second-order valence-electron chi connectivity index (χ2n) is 3.58. The fourth-order valence-electron chi connectivity index (χ4n) is 1.01. The van der Waals surface area contributed by atoms with Gasteiger partial charge in [-0.1, -0.05) is 20.8 Å². The van der Waals surface area contributed by atoms with E-state index < -0.39 is 0 Å². The summed E-state index contributed by atoms with van der Waals surface area (Å²) in [5, 5.41) is 4.10. The topological polar surface area (TPSA) is 30.7 Å². The van der Waals surface area contributed by atoms with Gasteiger partial charge in [-0.2, -0.15) is 0 Å². The summed E-state index contributed by atoms with van der Waals surface area (Å²) in [6.07, 6.45) is 0. The van der Waals surface area contributed by atoms with Crippen LogP contribution in [0, 0.1) is 0 Å². The summed E-state index contributed by atoms with van der Waals surface area (Å²) in [5.74, 6) is 0.990. The number of aryl methyl sites for hydroxylation is 1. The first-order chi connectivity index (χ1) is 4.91. The van der Waals surface area contributed by atoms with Gasteiger partial charge in [-0.15, -0.1) is 5.10 Å². The summed E-state index contributed by atoms with van der Waals surface area (Å²) < 4.78 is 2.45. The molecule has 0 bridgehead atoms. The monoisotopic (exact) mass is 217 g/mol. The van der Waals surface area contributed by atoms with Crippen LogP contribution in [0.3, 0.4) is 0 Å². The van der Waals surface area contributed by atoms with Crippen molar-refractivity contribution in [3.63, 3.8) is 0 Å². The third kappa shape index (κ3) is 1.80. The quantitative estimate of drug-likeness (QED) is 0.665. The molecule has 0 aromatic carbocycles. The summed E-state index contributed by atoms with van der Waals surface area (Å²) in [5.41, 5.74) is 0.0633. The van der Waals surface area contributed by atoms with Crippen molar-refractivity contribution >= 4 is 15.9 Å². The lowest BCUT2D eigenvalue weighted by atomic mass is 9.96. The molecule has 0 radical (unpaired) electrons. The summed E-state index contributed by atoms with van der Waals surface area (Å²) in [4.78, 5) is 4.25. The van der Waals surface area contributed by atoms with Crippen molar-refractivity contribution in [2.45, 2.75) is 26.2 Å². The van der Waals surface area contributed by atoms with Gasteiger partial charge < -0.3 is 0 Å². The number of nitrogens with zero attached hydrogens (tertiary/aromatic N) is 3. The van der Waals surface area contributed by atoms with Gasteiger partial charge in [0.15, 0.2) is 0 Å². The number of hydrogen-bond donors (Lipinski definition) is 0. The van der Waals surface area contributed by atoms with E-state index in [1.807, 2.05) is 7.05 Å². The highest BCUT2D eigenvalue weighted by molar-refractivity contribution is 9.10. The van der Waals surface area contributed by atoms with Crippen LogP contribution in [-0.2, 0) is 12.5 Å². The van der Waals surface area contributed by atoms with Gasteiger partial charge in [-0.3, -0.25) is 4.68 Å². The average Bonchev–Trinajstić information content (AvgIpc) is 2.08. The van der Waals surface area contributed by atoms with E-state index in [-0.39, 0.29) is 5.41 Å². The van der Waals surface area contributed by atoms with Gasteiger partial charge in [0.1, 0.15) is 5.82 Å². The molecule has 1 rings (SSSR count). The molecule has 1 aromatic heterocycles. The van der Waals surface area contributed by atoms with Crippen molar-refractivity contribution in [2.24, 2.45) is 7.05 Å². The maximum absolute atomic E-state index is 4.25. The van der Waals surface area contributed by atoms with Gasteiger partial charge >= 0.3 is 0 Å². The molecule has 62 valence electrons. The minimum Gasteiger partial charge on any atom is -0.251 e. The maximum atomic E-state index is 4.25. The largest absolute Gasteiger partial charge is 0.251 e. The molecule has 0 saturated carbocycles. The smallest absolute Gasteiger partial charge is 0.217 e. The molecule has 0 saturated heterocycles. The van der Waals surface area contributed by atoms with E-state index >= 15 is 0 Å². The highest BCUT2D eigenvalue weighted by Crippen LogP contribution is 2.20. The molecule has 0 aliphatic rings. The van der Waals surface area contributed by atoms with Crippen molar-refractivity contribution in [3.8, 4) is 0 Å². The van der Waals surface area contributed by atoms with Crippen molar-refractivity contribution in [2.75, 3.05) is 0 Å². The Morgan fingerprint density at radius 3 is 2.09 bits per heavy atom. The van der Waals surface area contributed by atoms with Crippen molar-refractivity contribution in [1.29, 1.82) is 0 Å². The Hall–Kier alpha value is -0.380. The van der Waals surface area contributed by atoms with Crippen LogP contribution in [0.25, 0.3) is 0 Å². The van der Waals surface area contributed by atoms with Crippen LogP contribution < -0.4 is 0 Å². The molecule has 11 heavy (non-hydrogen) atoms. The Labute approximate surface area is 75.0 Å². The minimum absolute atomic E-state index is 0.0633. The lowest BCUT2D eigenvalue weighted by Gasteiger charge is -2.15. The van der Waals surface area contributed by atoms with E-state index in [0.717, 1.165) is 5.82 Å². The average molecular weight is 218 g/mol. The van der Waals surface area contributed by atoms with E-state index in [9.17, 15) is 0 Å². The second kappa shape index (κ2) is 2.59. The highest BCUT2D eigenvalue weighted by atomic mass is 79.9. The van der Waals surface area contributed by atoms with Gasteiger partial charge in [0.05, 0.1) is 0 Å². The molecule has 1 heterocycles. The second-order valence-corrected chi connectivity index (χ2v) is 4.29. The van der Waals surface area contributed by atoms with Gasteiger partial charge in [0.25, 0.3) is 0 Å². The van der Waals surface area contributed by atoms with Gasteiger partial charge in [0.2, 0.25) is 4.73 Å². The number of halogens is 1. The number of hydrogen-bond acceptors (Lipinski definition) is 2. The van der Waals surface area contributed by atoms with Gasteiger partial charge in [0, 0.05) is 12.5 Å². The molecule has 0 amide bonds. The molecule has 3 nitrogen and oxygen atoms in total. The zero-order valence-corrected chi connectivity index (χ0v) is 8.81. The molecule has 0 aliphatic carbocycles. The Kier molecular flexibility index (Phi) is 2.05. The zero-order chi connectivity index (χ0) is 8.65. The molecular weight excluding hydrogens is 206 g/mol. The summed E-state index contributed by atoms with van der Waals surface area (Å²) in [6.45, 7) is 6.34. The molecular formula is C7H12BrN3. The molecule has 1 aromatic rings. The van der Waals surface area contributed by atoms with E-state index in [1.54, 1.807) is 4.68 Å². The van der Waals surface area contributed by atoms with Crippen LogP contribution in [0.15, 0.2) is 4.73 Å². The SMILES string of the molecule is Cn1nc(Br)nc1C(C)(C)C. The third-order valence-electron chi connectivity index (χ3n) is 1.41. The van der Waals surface area contributed by atoms with Crippen LogP contribution in [0.2, 0.25) is 0 Å². The Balaban J connectivity index is 3.13. The van der Waals surface area contributed by atoms with Crippen LogP contribution in [-0.4, -0.2) is 14.8 Å². The Bertz CT molecular complexity index is 259. The molecule has 4 heteroatoms. The zero-order valence-electron chi connectivity index (χ0n) is 7.22. The molecule has 0 fully saturated rings. The maximum Gasteiger partial charge on any atom is 0.217 e. The van der Waals surface area contributed by atoms with E-state index in [0.29, 0.717) is 4.73 Å². The van der Waals surface area contributed by atoms with E-state index in [4.69, 9.17) is 0 Å². The fraction of sp³-hybridized carbons (Fsp3) is 0.714. The normalized spacial score (nSPS) is 12.1. The molecule has 0 atom stereocenters. The van der Waals surface area contributed by atoms with Crippen molar-refractivity contribution in [3.05, 3.63) is 10.6 Å². The van der Waals surface area contributed by atoms with Crippen molar-refractivity contribution < 1.29 is 0 Å². The summed E-state index contributed by atoms with van der Waals surface area (Å²) in [7, 11) is 1.90. The van der Waals surface area contributed by atoms with Crippen LogP contribution in [0.5, 0.6) is 0 Å². The lowest BCUT2D eigenvalue weighted by molar-refractivity contribution is 0.506. The van der Waals surface area contributed by atoms with E-state index in [1.165, 1.54) is 0 Å². The molecule has 0 N–H and O–H groups in total. The first-order valence-corrected chi connectivity index (χ1v) is 4.27. The molecule has 0 spiro atoms. The first-order valence-electron chi connectivity index (χ1n) is 3.48. The van der Waals surface area contributed by atoms with Gasteiger partial charge in [-0.05, 0) is 15.9 Å². The van der Waals surface area contributed by atoms with Crippen LogP contribution in [0.1, 0.15) is 26.6 Å². The molecule has 0 unspecified atom stereocenters. The molecule has 0 aliphatic heterocycles. The summed E-state index contributed by atoms with van der Waals surface area (Å²) in [6, 6.07) is 0. The first kappa shape index (κ1) is 8.71. The predicted octanol–water partition coefficient (Wildman–Crippen LogP) is 1.88.